The number of ether oxygens (including phenoxy) is 1. The van der Waals surface area contributed by atoms with Gasteiger partial charge in [0.2, 0.25) is 0 Å². The largest absolute Gasteiger partial charge is 0.385 e. The Hall–Kier alpha value is -0.510. The zero-order valence-electron chi connectivity index (χ0n) is 10.4. The number of methoxy groups -OCH3 is 1. The number of rotatable bonds is 7. The van der Waals surface area contributed by atoms with Crippen LogP contribution in [-0.4, -0.2) is 32.1 Å². The van der Waals surface area contributed by atoms with Gasteiger partial charge in [-0.15, -0.1) is 11.8 Å². The number of thioether (sulfide) groups is 1. The summed E-state index contributed by atoms with van der Waals surface area (Å²) in [6, 6.07) is 8.76. The molecule has 0 aliphatic carbocycles. The summed E-state index contributed by atoms with van der Waals surface area (Å²) in [6.07, 6.45) is 3.58. The highest BCUT2D eigenvalue weighted by molar-refractivity contribution is 8.00. The number of unbranched alkanes of at least 4 members (excludes halogenated alkanes) is 1. The number of nitrogens with one attached hydrogen (secondary N) is 1. The minimum absolute atomic E-state index is 0.717. The van der Waals surface area contributed by atoms with E-state index in [0.717, 1.165) is 31.4 Å². The van der Waals surface area contributed by atoms with E-state index < -0.39 is 0 Å². The highest BCUT2D eigenvalue weighted by atomic mass is 32.2. The quantitative estimate of drug-likeness (QED) is 0.753. The van der Waals surface area contributed by atoms with Gasteiger partial charge in [-0.25, -0.2) is 0 Å². The molecular weight excluding hydrogens is 230 g/mol. The summed E-state index contributed by atoms with van der Waals surface area (Å²) in [5, 5.41) is 4.26. The summed E-state index contributed by atoms with van der Waals surface area (Å²) in [5.74, 6) is 0. The van der Waals surface area contributed by atoms with Crippen molar-refractivity contribution in [3.05, 3.63) is 29.8 Å². The maximum atomic E-state index is 5.03. The average molecular weight is 251 g/mol. The minimum atomic E-state index is 0.717. The molecule has 2 nitrogen and oxygen atoms in total. The summed E-state index contributed by atoms with van der Waals surface area (Å²) in [7, 11) is 1.76. The monoisotopic (exact) mass is 251 g/mol. The SMILES string of the molecule is COCCCCNCC1Cc2ccccc2S1. The van der Waals surface area contributed by atoms with Gasteiger partial charge < -0.3 is 10.1 Å². The molecule has 1 aliphatic heterocycles. The van der Waals surface area contributed by atoms with Gasteiger partial charge in [-0.2, -0.15) is 0 Å². The second kappa shape index (κ2) is 7.04. The fraction of sp³-hybridized carbons (Fsp3) is 0.571. The second-order valence-corrected chi connectivity index (χ2v) is 5.80. The third-order valence-electron chi connectivity index (χ3n) is 3.04. The number of fused-ring (bicyclic) bond motifs is 1. The summed E-state index contributed by atoms with van der Waals surface area (Å²) in [5.41, 5.74) is 1.52. The molecule has 0 radical (unpaired) electrons. The number of hydrogen-bond donors (Lipinski definition) is 1. The molecule has 0 amide bonds. The van der Waals surface area contributed by atoms with E-state index in [-0.39, 0.29) is 0 Å². The van der Waals surface area contributed by atoms with Crippen LogP contribution < -0.4 is 5.32 Å². The van der Waals surface area contributed by atoms with Crippen molar-refractivity contribution >= 4 is 11.8 Å². The summed E-state index contributed by atoms with van der Waals surface area (Å²) in [4.78, 5) is 1.47. The smallest absolute Gasteiger partial charge is 0.0462 e. The molecule has 17 heavy (non-hydrogen) atoms. The van der Waals surface area contributed by atoms with Gasteiger partial charge in [0, 0.05) is 30.4 Å². The van der Waals surface area contributed by atoms with Gasteiger partial charge in [0.25, 0.3) is 0 Å². The first-order valence-corrected chi connectivity index (χ1v) is 7.22. The Balaban J connectivity index is 1.60. The molecule has 0 saturated carbocycles. The average Bonchev–Trinajstić information content (AvgIpc) is 2.76. The van der Waals surface area contributed by atoms with Crippen LogP contribution in [0, 0.1) is 0 Å². The molecule has 3 heteroatoms. The lowest BCUT2D eigenvalue weighted by molar-refractivity contribution is 0.192. The molecule has 1 unspecified atom stereocenters. The van der Waals surface area contributed by atoms with E-state index in [0.29, 0.717) is 0 Å². The normalized spacial score (nSPS) is 18.3. The van der Waals surface area contributed by atoms with Crippen LogP contribution in [0.15, 0.2) is 29.2 Å². The first-order valence-electron chi connectivity index (χ1n) is 6.34. The van der Waals surface area contributed by atoms with E-state index in [2.05, 4.69) is 29.6 Å². The molecule has 1 N–H and O–H groups in total. The Morgan fingerprint density at radius 1 is 1.35 bits per heavy atom. The lowest BCUT2D eigenvalue weighted by atomic mass is 10.1. The highest BCUT2D eigenvalue weighted by Crippen LogP contribution is 2.36. The van der Waals surface area contributed by atoms with E-state index in [4.69, 9.17) is 4.74 Å². The van der Waals surface area contributed by atoms with E-state index in [1.165, 1.54) is 23.3 Å². The third kappa shape index (κ3) is 4.02. The molecule has 1 heterocycles. The summed E-state index contributed by atoms with van der Waals surface area (Å²) in [6.45, 7) is 3.11. The van der Waals surface area contributed by atoms with Crippen LogP contribution in [0.2, 0.25) is 0 Å². The van der Waals surface area contributed by atoms with Crippen LogP contribution in [0.25, 0.3) is 0 Å². The molecule has 1 atom stereocenters. The molecular formula is C14H21NOS. The van der Waals surface area contributed by atoms with E-state index in [1.807, 2.05) is 11.8 Å². The van der Waals surface area contributed by atoms with Crippen LogP contribution in [-0.2, 0) is 11.2 Å². The molecule has 0 fully saturated rings. The third-order valence-corrected chi connectivity index (χ3v) is 4.36. The first kappa shape index (κ1) is 12.9. The molecule has 1 aliphatic rings. The first-order chi connectivity index (χ1) is 8.40. The topological polar surface area (TPSA) is 21.3 Å². The van der Waals surface area contributed by atoms with Crippen molar-refractivity contribution in [3.8, 4) is 0 Å². The van der Waals surface area contributed by atoms with Crippen molar-refractivity contribution in [2.24, 2.45) is 0 Å². The van der Waals surface area contributed by atoms with Gasteiger partial charge in [-0.1, -0.05) is 18.2 Å². The molecule has 94 valence electrons. The number of benzene rings is 1. The standard InChI is InChI=1S/C14H21NOS/c1-16-9-5-4-8-15-11-13-10-12-6-2-3-7-14(12)17-13/h2-3,6-7,13,15H,4-5,8-11H2,1H3. The van der Waals surface area contributed by atoms with Crippen LogP contribution in [0.1, 0.15) is 18.4 Å². The zero-order valence-corrected chi connectivity index (χ0v) is 11.3. The molecule has 0 bridgehead atoms. The van der Waals surface area contributed by atoms with E-state index in [1.54, 1.807) is 7.11 Å². The molecule has 1 aromatic rings. The van der Waals surface area contributed by atoms with Gasteiger partial charge in [0.05, 0.1) is 0 Å². The lowest BCUT2D eigenvalue weighted by Crippen LogP contribution is -2.25. The van der Waals surface area contributed by atoms with Crippen LogP contribution in [0.4, 0.5) is 0 Å². The van der Waals surface area contributed by atoms with Crippen LogP contribution >= 0.6 is 11.8 Å². The van der Waals surface area contributed by atoms with Gasteiger partial charge in [-0.3, -0.25) is 0 Å². The van der Waals surface area contributed by atoms with E-state index in [9.17, 15) is 0 Å². The highest BCUT2D eigenvalue weighted by Gasteiger charge is 2.20. The summed E-state index contributed by atoms with van der Waals surface area (Å²) >= 11 is 2.02. The van der Waals surface area contributed by atoms with Crippen molar-refractivity contribution in [2.75, 3.05) is 26.8 Å². The maximum absolute atomic E-state index is 5.03. The Bertz CT molecular complexity index is 318. The predicted molar refractivity (Wildman–Crippen MR) is 73.8 cm³/mol. The molecule has 0 spiro atoms. The Labute approximate surface area is 108 Å². The van der Waals surface area contributed by atoms with Crippen molar-refractivity contribution in [3.63, 3.8) is 0 Å². The number of hydrogen-bond acceptors (Lipinski definition) is 3. The van der Waals surface area contributed by atoms with Crippen LogP contribution in [0.5, 0.6) is 0 Å². The summed E-state index contributed by atoms with van der Waals surface area (Å²) < 4.78 is 5.03. The van der Waals surface area contributed by atoms with Gasteiger partial charge in [0.1, 0.15) is 0 Å². The lowest BCUT2D eigenvalue weighted by Gasteiger charge is -2.09. The van der Waals surface area contributed by atoms with Crippen molar-refractivity contribution < 1.29 is 4.74 Å². The fourth-order valence-electron chi connectivity index (χ4n) is 2.13. The van der Waals surface area contributed by atoms with Crippen molar-refractivity contribution in [1.29, 1.82) is 0 Å². The van der Waals surface area contributed by atoms with Crippen LogP contribution in [0.3, 0.4) is 0 Å². The van der Waals surface area contributed by atoms with Gasteiger partial charge >= 0.3 is 0 Å². The van der Waals surface area contributed by atoms with Gasteiger partial charge in [0.15, 0.2) is 0 Å². The molecule has 0 saturated heterocycles. The van der Waals surface area contributed by atoms with E-state index >= 15 is 0 Å². The second-order valence-electron chi connectivity index (χ2n) is 4.46. The maximum Gasteiger partial charge on any atom is 0.0462 e. The van der Waals surface area contributed by atoms with Crippen molar-refractivity contribution in [1.82, 2.24) is 5.32 Å². The molecule has 1 aromatic carbocycles. The Morgan fingerprint density at radius 2 is 2.24 bits per heavy atom. The molecule has 0 aromatic heterocycles. The fourth-order valence-corrected chi connectivity index (χ4v) is 3.41. The Morgan fingerprint density at radius 3 is 3.06 bits per heavy atom. The minimum Gasteiger partial charge on any atom is -0.385 e. The van der Waals surface area contributed by atoms with Crippen molar-refractivity contribution in [2.45, 2.75) is 29.4 Å². The van der Waals surface area contributed by atoms with Gasteiger partial charge in [-0.05, 0) is 37.4 Å². The Kier molecular flexibility index (Phi) is 5.36. The zero-order chi connectivity index (χ0) is 11.9. The molecule has 2 rings (SSSR count). The predicted octanol–water partition coefficient (Wildman–Crippen LogP) is 2.72.